The van der Waals surface area contributed by atoms with Crippen molar-refractivity contribution >= 4 is 0 Å². The zero-order valence-corrected chi connectivity index (χ0v) is 22.0. The molecule has 0 aliphatic heterocycles. The van der Waals surface area contributed by atoms with Gasteiger partial charge in [-0.3, -0.25) is 0 Å². The van der Waals surface area contributed by atoms with Gasteiger partial charge in [0, 0.05) is 5.41 Å². The molecular formula is C31H46. The highest BCUT2D eigenvalue weighted by Crippen LogP contribution is 2.76. The molecule has 0 spiro atoms. The molecular weight excluding hydrogens is 372 g/mol. The lowest BCUT2D eigenvalue weighted by atomic mass is 9.34. The normalized spacial score (nSPS) is 48.2. The standard InChI is InChI=1S/C31H46/c1-16-22-11-20(28(22,5)6)12-25(16)31(15-21-13-26(19(31)4)29(21,7)8)27-17(2)23-14-24(18(27)3)30(23,9)10/h17,20-21,23,25,27H,11-15H2,1-10H3. The Morgan fingerprint density at radius 3 is 1.74 bits per heavy atom. The van der Waals surface area contributed by atoms with E-state index in [4.69, 9.17) is 0 Å². The van der Waals surface area contributed by atoms with E-state index in [0.717, 1.165) is 35.5 Å². The first kappa shape index (κ1) is 20.8. The molecule has 0 heterocycles. The van der Waals surface area contributed by atoms with E-state index >= 15 is 0 Å². The number of hydrogen-bond acceptors (Lipinski definition) is 0. The van der Waals surface area contributed by atoms with Gasteiger partial charge in [-0.2, -0.15) is 0 Å². The Morgan fingerprint density at radius 1 is 0.677 bits per heavy atom. The van der Waals surface area contributed by atoms with Crippen LogP contribution in [0.25, 0.3) is 0 Å². The second-order valence-corrected chi connectivity index (χ2v) is 14.6. The van der Waals surface area contributed by atoms with Gasteiger partial charge in [-0.25, -0.2) is 0 Å². The van der Waals surface area contributed by atoms with E-state index in [1.54, 1.807) is 0 Å². The van der Waals surface area contributed by atoms with Gasteiger partial charge < -0.3 is 0 Å². The number of rotatable bonds is 2. The van der Waals surface area contributed by atoms with E-state index in [9.17, 15) is 0 Å². The summed E-state index contributed by atoms with van der Waals surface area (Å²) < 4.78 is 0. The summed E-state index contributed by atoms with van der Waals surface area (Å²) >= 11 is 0. The summed E-state index contributed by atoms with van der Waals surface area (Å²) in [6, 6.07) is 0. The lowest BCUT2D eigenvalue weighted by molar-refractivity contribution is -0.0678. The van der Waals surface area contributed by atoms with E-state index in [0.29, 0.717) is 21.7 Å². The first-order valence-corrected chi connectivity index (χ1v) is 13.4. The maximum Gasteiger partial charge on any atom is 0.00485 e. The van der Waals surface area contributed by atoms with Crippen molar-refractivity contribution in [3.63, 3.8) is 0 Å². The first-order chi connectivity index (χ1) is 14.3. The molecule has 0 radical (unpaired) electrons. The fraction of sp³-hybridized carbons (Fsp3) is 0.806. The summed E-state index contributed by atoms with van der Waals surface area (Å²) in [6.07, 6.45) is 7.07. The molecule has 170 valence electrons. The Morgan fingerprint density at radius 2 is 1.26 bits per heavy atom. The summed E-state index contributed by atoms with van der Waals surface area (Å²) in [7, 11) is 0. The average Bonchev–Trinajstić information content (AvgIpc) is 2.67. The molecule has 0 amide bonds. The van der Waals surface area contributed by atoms with Crippen molar-refractivity contribution in [1.82, 2.24) is 0 Å². The van der Waals surface area contributed by atoms with Crippen LogP contribution in [-0.2, 0) is 0 Å². The summed E-state index contributed by atoms with van der Waals surface area (Å²) in [5.41, 5.74) is 12.8. The molecule has 31 heavy (non-hydrogen) atoms. The van der Waals surface area contributed by atoms with E-state index < -0.39 is 0 Å². The molecule has 9 aliphatic carbocycles. The highest BCUT2D eigenvalue weighted by Gasteiger charge is 2.66. The van der Waals surface area contributed by atoms with Crippen LogP contribution in [0.5, 0.6) is 0 Å². The average molecular weight is 419 g/mol. The molecule has 0 aromatic heterocycles. The number of hydrogen-bond donors (Lipinski definition) is 0. The molecule has 0 N–H and O–H groups in total. The monoisotopic (exact) mass is 418 g/mol. The second-order valence-electron chi connectivity index (χ2n) is 14.6. The maximum absolute atomic E-state index is 2.65. The molecule has 0 nitrogen and oxygen atoms in total. The number of allylic oxidation sites excluding steroid dienone is 6. The molecule has 0 aromatic carbocycles. The van der Waals surface area contributed by atoms with Crippen LogP contribution in [0.3, 0.4) is 0 Å². The fourth-order valence-electron chi connectivity index (χ4n) is 10.9. The van der Waals surface area contributed by atoms with Gasteiger partial charge in [-0.15, -0.1) is 0 Å². The van der Waals surface area contributed by atoms with Gasteiger partial charge in [0.1, 0.15) is 0 Å². The minimum Gasteiger partial charge on any atom is -0.0695 e. The molecule has 3 saturated carbocycles. The molecule has 6 bridgehead atoms. The summed E-state index contributed by atoms with van der Waals surface area (Å²) in [6.45, 7) is 25.6. The predicted octanol–water partition coefficient (Wildman–Crippen LogP) is 8.75. The molecule has 0 saturated heterocycles. The summed E-state index contributed by atoms with van der Waals surface area (Å²) in [4.78, 5) is 0. The zero-order valence-electron chi connectivity index (χ0n) is 22.0. The Bertz CT molecular complexity index is 976. The minimum absolute atomic E-state index is 0.391. The highest BCUT2D eigenvalue weighted by atomic mass is 14.7. The first-order valence-electron chi connectivity index (χ1n) is 13.4. The van der Waals surface area contributed by atoms with Gasteiger partial charge in [0.05, 0.1) is 0 Å². The van der Waals surface area contributed by atoms with E-state index in [1.807, 2.05) is 33.4 Å². The summed E-state index contributed by atoms with van der Waals surface area (Å²) in [5.74, 6) is 5.06. The topological polar surface area (TPSA) is 0 Å². The van der Waals surface area contributed by atoms with E-state index in [2.05, 4.69) is 69.2 Å². The van der Waals surface area contributed by atoms with Gasteiger partial charge in [-0.1, -0.05) is 81.9 Å². The van der Waals surface area contributed by atoms with Gasteiger partial charge >= 0.3 is 0 Å². The zero-order chi connectivity index (χ0) is 22.5. The van der Waals surface area contributed by atoms with Crippen LogP contribution in [0.4, 0.5) is 0 Å². The van der Waals surface area contributed by atoms with Crippen molar-refractivity contribution in [2.45, 2.75) is 101 Å². The number of fused-ring (bicyclic) bond motifs is 8. The Labute approximate surface area is 192 Å². The Balaban J connectivity index is 1.57. The minimum atomic E-state index is 0.391. The molecule has 0 aromatic rings. The second kappa shape index (κ2) is 5.64. The van der Waals surface area contributed by atoms with Crippen LogP contribution in [0.2, 0.25) is 0 Å². The Kier molecular flexibility index (Phi) is 3.79. The lowest BCUT2D eigenvalue weighted by Gasteiger charge is -2.70. The SMILES string of the molecule is CC1=C2CC(CC1C1(C3C(C)=C4CC(C3C)C4(C)C)CC3CC(=C1C)C3(C)C)C2(C)C. The van der Waals surface area contributed by atoms with Crippen LogP contribution in [0.1, 0.15) is 101 Å². The largest absolute Gasteiger partial charge is 0.0695 e. The van der Waals surface area contributed by atoms with Crippen molar-refractivity contribution in [3.8, 4) is 0 Å². The third-order valence-electron chi connectivity index (χ3n) is 13.2. The van der Waals surface area contributed by atoms with Crippen molar-refractivity contribution in [3.05, 3.63) is 33.4 Å². The fourth-order valence-corrected chi connectivity index (χ4v) is 10.9. The van der Waals surface area contributed by atoms with Crippen LogP contribution < -0.4 is 0 Å². The molecule has 9 aliphatic rings. The van der Waals surface area contributed by atoms with Crippen LogP contribution >= 0.6 is 0 Å². The van der Waals surface area contributed by atoms with Crippen molar-refractivity contribution < 1.29 is 0 Å². The highest BCUT2D eigenvalue weighted by molar-refractivity contribution is 5.48. The predicted molar refractivity (Wildman–Crippen MR) is 132 cm³/mol. The van der Waals surface area contributed by atoms with Gasteiger partial charge in [0.15, 0.2) is 0 Å². The Hall–Kier alpha value is -0.780. The quantitative estimate of drug-likeness (QED) is 0.393. The molecule has 3 fully saturated rings. The van der Waals surface area contributed by atoms with Crippen LogP contribution in [-0.4, -0.2) is 0 Å². The van der Waals surface area contributed by atoms with Gasteiger partial charge in [0.25, 0.3) is 0 Å². The lowest BCUT2D eigenvalue weighted by Crippen LogP contribution is -2.61. The summed E-state index contributed by atoms with van der Waals surface area (Å²) in [5, 5.41) is 0. The van der Waals surface area contributed by atoms with Gasteiger partial charge in [-0.05, 0) is 105 Å². The molecule has 7 unspecified atom stereocenters. The van der Waals surface area contributed by atoms with Crippen molar-refractivity contribution in [2.24, 2.45) is 57.2 Å². The maximum atomic E-state index is 2.65. The molecule has 7 atom stereocenters. The molecule has 0 heteroatoms. The van der Waals surface area contributed by atoms with E-state index in [-0.39, 0.29) is 0 Å². The van der Waals surface area contributed by atoms with Crippen LogP contribution in [0, 0.1) is 57.2 Å². The third-order valence-corrected chi connectivity index (χ3v) is 13.2. The smallest absolute Gasteiger partial charge is 0.00485 e. The molecule has 9 rings (SSSR count). The van der Waals surface area contributed by atoms with Crippen molar-refractivity contribution in [2.75, 3.05) is 0 Å². The van der Waals surface area contributed by atoms with Gasteiger partial charge in [0.2, 0.25) is 0 Å². The third kappa shape index (κ3) is 2.07. The van der Waals surface area contributed by atoms with Crippen LogP contribution in [0.15, 0.2) is 33.4 Å². The van der Waals surface area contributed by atoms with Crippen molar-refractivity contribution in [1.29, 1.82) is 0 Å². The van der Waals surface area contributed by atoms with E-state index in [1.165, 1.54) is 32.1 Å².